The second-order valence-electron chi connectivity index (χ2n) is 8.00. The quantitative estimate of drug-likeness (QED) is 0.554. The van der Waals surface area contributed by atoms with Crippen LogP contribution in [0.2, 0.25) is 0 Å². The maximum absolute atomic E-state index is 13.2. The molecule has 0 aliphatic carbocycles. The largest absolute Gasteiger partial charge is 0.372 e. The molecule has 0 saturated carbocycles. The topological polar surface area (TPSA) is 52.7 Å². The number of carbonyl (C=O) groups excluding carboxylic acids is 2. The van der Waals surface area contributed by atoms with Crippen LogP contribution in [0.4, 0.5) is 11.4 Å². The number of thiophene rings is 1. The smallest absolute Gasteiger partial charge is 0.255 e. The Morgan fingerprint density at radius 2 is 1.81 bits per heavy atom. The first-order chi connectivity index (χ1) is 15.5. The molecule has 2 amide bonds. The van der Waals surface area contributed by atoms with Gasteiger partial charge in [0, 0.05) is 53.6 Å². The van der Waals surface area contributed by atoms with Crippen LogP contribution in [0.1, 0.15) is 50.6 Å². The van der Waals surface area contributed by atoms with E-state index >= 15 is 0 Å². The van der Waals surface area contributed by atoms with E-state index in [2.05, 4.69) is 35.5 Å². The second-order valence-corrected chi connectivity index (χ2v) is 9.00. The Hall–Kier alpha value is -3.12. The predicted molar refractivity (Wildman–Crippen MR) is 132 cm³/mol. The number of fused-ring (bicyclic) bond motifs is 1. The first-order valence-electron chi connectivity index (χ1n) is 11.1. The van der Waals surface area contributed by atoms with Crippen molar-refractivity contribution in [3.05, 3.63) is 81.0 Å². The number of rotatable bonds is 6. The van der Waals surface area contributed by atoms with Gasteiger partial charge >= 0.3 is 0 Å². The van der Waals surface area contributed by atoms with E-state index in [4.69, 9.17) is 0 Å². The van der Waals surface area contributed by atoms with E-state index in [0.717, 1.165) is 37.3 Å². The Labute approximate surface area is 193 Å². The van der Waals surface area contributed by atoms with Gasteiger partial charge in [0.25, 0.3) is 11.8 Å². The Balaban J connectivity index is 1.49. The maximum atomic E-state index is 13.2. The number of hydrogen-bond donors (Lipinski definition) is 1. The molecule has 4 rings (SSSR count). The lowest BCUT2D eigenvalue weighted by Crippen LogP contribution is -2.35. The maximum Gasteiger partial charge on any atom is 0.255 e. The fraction of sp³-hybridized carbons (Fsp3) is 0.308. The number of anilines is 2. The minimum absolute atomic E-state index is 0.0130. The molecule has 6 heteroatoms. The van der Waals surface area contributed by atoms with Gasteiger partial charge < -0.3 is 15.1 Å². The van der Waals surface area contributed by atoms with E-state index in [1.54, 1.807) is 11.3 Å². The summed E-state index contributed by atoms with van der Waals surface area (Å²) in [7, 11) is 0. The van der Waals surface area contributed by atoms with Gasteiger partial charge in [-0.15, -0.1) is 11.3 Å². The van der Waals surface area contributed by atoms with Gasteiger partial charge in [0.05, 0.1) is 0 Å². The van der Waals surface area contributed by atoms with Crippen molar-refractivity contribution in [1.29, 1.82) is 0 Å². The molecule has 1 N–H and O–H groups in total. The Morgan fingerprint density at radius 3 is 2.53 bits per heavy atom. The van der Waals surface area contributed by atoms with Crippen LogP contribution in [-0.4, -0.2) is 36.3 Å². The molecular formula is C26H29N3O2S. The lowest BCUT2D eigenvalue weighted by molar-refractivity contribution is 0.0735. The van der Waals surface area contributed by atoms with Gasteiger partial charge in [-0.05, 0) is 86.2 Å². The fourth-order valence-corrected chi connectivity index (χ4v) is 5.09. The van der Waals surface area contributed by atoms with Crippen molar-refractivity contribution in [3.63, 3.8) is 0 Å². The van der Waals surface area contributed by atoms with Crippen LogP contribution >= 0.6 is 11.3 Å². The molecule has 0 bridgehead atoms. The van der Waals surface area contributed by atoms with E-state index in [0.29, 0.717) is 23.4 Å². The number of amides is 2. The summed E-state index contributed by atoms with van der Waals surface area (Å²) in [6.07, 6.45) is 0.900. The standard InChI is InChI=1S/C26H29N3O2S/c1-4-28(5-2)21-11-9-19(10-12-21)25(30)27-23-8-6-7-22(18(23)3)26(31)29-15-13-24-20(17-29)14-16-32-24/h6-12,14,16H,4-5,13,15,17H2,1-3H3,(H,27,30). The molecule has 0 atom stereocenters. The zero-order valence-corrected chi connectivity index (χ0v) is 19.7. The van der Waals surface area contributed by atoms with Crippen molar-refractivity contribution in [2.75, 3.05) is 29.9 Å². The molecule has 32 heavy (non-hydrogen) atoms. The fourth-order valence-electron chi connectivity index (χ4n) is 4.20. The van der Waals surface area contributed by atoms with Crippen molar-refractivity contribution in [2.45, 2.75) is 33.7 Å². The van der Waals surface area contributed by atoms with Crippen molar-refractivity contribution in [1.82, 2.24) is 4.90 Å². The summed E-state index contributed by atoms with van der Waals surface area (Å²) in [5, 5.41) is 5.08. The summed E-state index contributed by atoms with van der Waals surface area (Å²) in [5.41, 5.74) is 5.04. The molecule has 1 aliphatic heterocycles. The zero-order valence-electron chi connectivity index (χ0n) is 18.9. The highest BCUT2D eigenvalue weighted by Gasteiger charge is 2.24. The Kier molecular flexibility index (Phi) is 6.61. The molecule has 0 radical (unpaired) electrons. The molecule has 0 spiro atoms. The lowest BCUT2D eigenvalue weighted by atomic mass is 10.0. The first-order valence-corrected chi connectivity index (χ1v) is 12.0. The van der Waals surface area contributed by atoms with E-state index in [9.17, 15) is 9.59 Å². The van der Waals surface area contributed by atoms with Crippen molar-refractivity contribution >= 4 is 34.5 Å². The van der Waals surface area contributed by atoms with Gasteiger partial charge in [-0.1, -0.05) is 6.07 Å². The lowest BCUT2D eigenvalue weighted by Gasteiger charge is -2.28. The van der Waals surface area contributed by atoms with E-state index in [-0.39, 0.29) is 11.8 Å². The van der Waals surface area contributed by atoms with E-state index in [1.165, 1.54) is 10.4 Å². The number of nitrogens with zero attached hydrogens (tertiary/aromatic N) is 2. The van der Waals surface area contributed by atoms with Crippen LogP contribution in [0.25, 0.3) is 0 Å². The Bertz CT molecular complexity index is 1120. The molecule has 5 nitrogen and oxygen atoms in total. The molecule has 1 aromatic heterocycles. The van der Waals surface area contributed by atoms with Crippen LogP contribution < -0.4 is 10.2 Å². The van der Waals surface area contributed by atoms with Gasteiger partial charge in [-0.2, -0.15) is 0 Å². The van der Waals surface area contributed by atoms with Crippen molar-refractivity contribution in [3.8, 4) is 0 Å². The minimum Gasteiger partial charge on any atom is -0.372 e. The highest BCUT2D eigenvalue weighted by Crippen LogP contribution is 2.27. The number of benzene rings is 2. The number of carbonyl (C=O) groups is 2. The summed E-state index contributed by atoms with van der Waals surface area (Å²) in [5.74, 6) is -0.163. The summed E-state index contributed by atoms with van der Waals surface area (Å²) in [6.45, 7) is 9.34. The third-order valence-electron chi connectivity index (χ3n) is 6.17. The third-order valence-corrected chi connectivity index (χ3v) is 7.19. The van der Waals surface area contributed by atoms with Crippen LogP contribution in [0, 0.1) is 6.92 Å². The van der Waals surface area contributed by atoms with Gasteiger partial charge in [-0.25, -0.2) is 0 Å². The summed E-state index contributed by atoms with van der Waals surface area (Å²) < 4.78 is 0. The van der Waals surface area contributed by atoms with Gasteiger partial charge in [-0.3, -0.25) is 9.59 Å². The number of hydrogen-bond acceptors (Lipinski definition) is 4. The monoisotopic (exact) mass is 447 g/mol. The zero-order chi connectivity index (χ0) is 22.7. The molecule has 0 fully saturated rings. The highest BCUT2D eigenvalue weighted by molar-refractivity contribution is 7.10. The average molecular weight is 448 g/mol. The van der Waals surface area contributed by atoms with Crippen molar-refractivity contribution in [2.24, 2.45) is 0 Å². The van der Waals surface area contributed by atoms with Gasteiger partial charge in [0.1, 0.15) is 0 Å². The summed E-state index contributed by atoms with van der Waals surface area (Å²) in [4.78, 5) is 31.6. The Morgan fingerprint density at radius 1 is 1.06 bits per heavy atom. The summed E-state index contributed by atoms with van der Waals surface area (Å²) >= 11 is 1.76. The molecule has 0 unspecified atom stereocenters. The SMILES string of the molecule is CCN(CC)c1ccc(C(=O)Nc2cccc(C(=O)N3CCc4sccc4C3)c2C)cc1. The molecule has 2 aromatic carbocycles. The van der Waals surface area contributed by atoms with Crippen LogP contribution in [0.5, 0.6) is 0 Å². The molecule has 1 aliphatic rings. The molecule has 0 saturated heterocycles. The average Bonchev–Trinajstić information content (AvgIpc) is 3.29. The number of nitrogens with one attached hydrogen (secondary N) is 1. The minimum atomic E-state index is -0.176. The predicted octanol–water partition coefficient (Wildman–Crippen LogP) is 5.35. The van der Waals surface area contributed by atoms with Gasteiger partial charge in [0.15, 0.2) is 0 Å². The van der Waals surface area contributed by atoms with Crippen LogP contribution in [-0.2, 0) is 13.0 Å². The normalized spacial score (nSPS) is 12.9. The first kappa shape index (κ1) is 22.1. The van der Waals surface area contributed by atoms with Gasteiger partial charge in [0.2, 0.25) is 0 Å². The third kappa shape index (κ3) is 4.41. The van der Waals surface area contributed by atoms with E-state index in [1.807, 2.05) is 54.3 Å². The summed E-state index contributed by atoms with van der Waals surface area (Å²) in [6, 6.07) is 15.3. The van der Waals surface area contributed by atoms with Crippen LogP contribution in [0.3, 0.4) is 0 Å². The molecule has 166 valence electrons. The molecule has 3 aromatic rings. The van der Waals surface area contributed by atoms with Crippen LogP contribution in [0.15, 0.2) is 53.9 Å². The second kappa shape index (κ2) is 9.57. The molecular weight excluding hydrogens is 418 g/mol. The van der Waals surface area contributed by atoms with E-state index < -0.39 is 0 Å². The van der Waals surface area contributed by atoms with Crippen molar-refractivity contribution < 1.29 is 9.59 Å². The highest BCUT2D eigenvalue weighted by atomic mass is 32.1. The molecule has 2 heterocycles.